The SMILES string of the molecule is COc1ccc(C(=O)NC(c2ccc3c(c2)CCO3)C2CC(O)C2)c(C)c1. The van der Waals surface area contributed by atoms with E-state index in [1.54, 1.807) is 19.2 Å². The number of carbonyl (C=O) groups excluding carboxylic acids is 1. The van der Waals surface area contributed by atoms with Gasteiger partial charge in [-0.1, -0.05) is 6.07 Å². The summed E-state index contributed by atoms with van der Waals surface area (Å²) in [5.74, 6) is 1.81. The largest absolute Gasteiger partial charge is 0.497 e. The molecule has 0 aromatic heterocycles. The van der Waals surface area contributed by atoms with Gasteiger partial charge in [0, 0.05) is 12.0 Å². The van der Waals surface area contributed by atoms with Crippen molar-refractivity contribution in [3.05, 3.63) is 58.7 Å². The molecule has 1 unspecified atom stereocenters. The van der Waals surface area contributed by atoms with Crippen molar-refractivity contribution < 1.29 is 19.4 Å². The van der Waals surface area contributed by atoms with Gasteiger partial charge >= 0.3 is 0 Å². The number of benzene rings is 2. The van der Waals surface area contributed by atoms with Crippen LogP contribution in [-0.4, -0.2) is 30.8 Å². The lowest BCUT2D eigenvalue weighted by molar-refractivity contribution is 0.0235. The van der Waals surface area contributed by atoms with Crippen molar-refractivity contribution >= 4 is 5.91 Å². The van der Waals surface area contributed by atoms with Gasteiger partial charge in [-0.25, -0.2) is 0 Å². The molecule has 2 aromatic rings. The van der Waals surface area contributed by atoms with E-state index < -0.39 is 0 Å². The molecule has 1 aliphatic carbocycles. The van der Waals surface area contributed by atoms with Crippen LogP contribution in [0.2, 0.25) is 0 Å². The lowest BCUT2D eigenvalue weighted by atomic mass is 9.74. The number of hydrogen-bond acceptors (Lipinski definition) is 4. The summed E-state index contributed by atoms with van der Waals surface area (Å²) in [6, 6.07) is 11.5. The molecule has 1 heterocycles. The van der Waals surface area contributed by atoms with E-state index in [1.165, 1.54) is 5.56 Å². The highest BCUT2D eigenvalue weighted by Crippen LogP contribution is 2.40. The molecule has 142 valence electrons. The first-order chi connectivity index (χ1) is 13.0. The van der Waals surface area contributed by atoms with Gasteiger partial charge in [0.2, 0.25) is 0 Å². The van der Waals surface area contributed by atoms with E-state index in [4.69, 9.17) is 9.47 Å². The molecule has 1 atom stereocenters. The Morgan fingerprint density at radius 1 is 1.26 bits per heavy atom. The summed E-state index contributed by atoms with van der Waals surface area (Å²) < 4.78 is 10.8. The van der Waals surface area contributed by atoms with Gasteiger partial charge in [-0.15, -0.1) is 0 Å². The maximum Gasteiger partial charge on any atom is 0.252 e. The second-order valence-electron chi connectivity index (χ2n) is 7.48. The topological polar surface area (TPSA) is 67.8 Å². The Kier molecular flexibility index (Phi) is 4.79. The van der Waals surface area contributed by atoms with Crippen molar-refractivity contribution in [3.63, 3.8) is 0 Å². The molecular formula is C22H25NO4. The van der Waals surface area contributed by atoms with Crippen molar-refractivity contribution in [3.8, 4) is 11.5 Å². The van der Waals surface area contributed by atoms with Crippen LogP contribution >= 0.6 is 0 Å². The minimum atomic E-state index is -0.269. The van der Waals surface area contributed by atoms with E-state index in [2.05, 4.69) is 11.4 Å². The van der Waals surface area contributed by atoms with Crippen LogP contribution in [0.4, 0.5) is 0 Å². The van der Waals surface area contributed by atoms with Crippen LogP contribution in [0.5, 0.6) is 11.5 Å². The van der Waals surface area contributed by atoms with Gasteiger partial charge in [0.05, 0.1) is 25.9 Å². The van der Waals surface area contributed by atoms with Gasteiger partial charge in [0.15, 0.2) is 0 Å². The number of aliphatic hydroxyl groups excluding tert-OH is 1. The molecule has 0 radical (unpaired) electrons. The average Bonchev–Trinajstić information content (AvgIpc) is 3.11. The molecule has 5 nitrogen and oxygen atoms in total. The first-order valence-electron chi connectivity index (χ1n) is 9.44. The molecule has 0 spiro atoms. The molecule has 27 heavy (non-hydrogen) atoms. The number of amides is 1. The second kappa shape index (κ2) is 7.24. The molecule has 2 aromatic carbocycles. The van der Waals surface area contributed by atoms with Gasteiger partial charge in [-0.3, -0.25) is 4.79 Å². The summed E-state index contributed by atoms with van der Waals surface area (Å²) >= 11 is 0. The zero-order chi connectivity index (χ0) is 19.0. The molecule has 4 rings (SSSR count). The van der Waals surface area contributed by atoms with E-state index in [1.807, 2.05) is 25.1 Å². The molecule has 1 fully saturated rings. The summed E-state index contributed by atoms with van der Waals surface area (Å²) in [6.45, 7) is 2.62. The maximum atomic E-state index is 13.0. The van der Waals surface area contributed by atoms with Crippen LogP contribution in [0.3, 0.4) is 0 Å². The molecule has 0 saturated heterocycles. The van der Waals surface area contributed by atoms with Crippen molar-refractivity contribution in [2.75, 3.05) is 13.7 Å². The number of ether oxygens (including phenoxy) is 2. The van der Waals surface area contributed by atoms with E-state index >= 15 is 0 Å². The van der Waals surface area contributed by atoms with Crippen LogP contribution in [0.25, 0.3) is 0 Å². The standard InChI is InChI=1S/C22H25NO4/c1-13-9-18(26-2)4-5-19(13)22(25)23-21(16-11-17(24)12-16)15-3-6-20-14(10-15)7-8-27-20/h3-6,9-10,16-17,21,24H,7-8,11-12H2,1-2H3,(H,23,25). The summed E-state index contributed by atoms with van der Waals surface area (Å²) in [5, 5.41) is 13.0. The molecule has 2 aliphatic rings. The highest BCUT2D eigenvalue weighted by molar-refractivity contribution is 5.96. The average molecular weight is 367 g/mol. The highest BCUT2D eigenvalue weighted by Gasteiger charge is 2.36. The molecule has 2 N–H and O–H groups in total. The Labute approximate surface area is 159 Å². The lowest BCUT2D eigenvalue weighted by Gasteiger charge is -2.38. The van der Waals surface area contributed by atoms with Crippen LogP contribution in [0, 0.1) is 12.8 Å². The van der Waals surface area contributed by atoms with Crippen molar-refractivity contribution in [1.29, 1.82) is 0 Å². The molecule has 1 aliphatic heterocycles. The van der Waals surface area contributed by atoms with Crippen molar-refractivity contribution in [2.24, 2.45) is 5.92 Å². The number of hydrogen-bond donors (Lipinski definition) is 2. The first kappa shape index (κ1) is 17.9. The Hall–Kier alpha value is -2.53. The number of aryl methyl sites for hydroxylation is 1. The van der Waals surface area contributed by atoms with E-state index in [0.717, 1.165) is 29.0 Å². The van der Waals surface area contributed by atoms with Gasteiger partial charge in [0.25, 0.3) is 5.91 Å². The Morgan fingerprint density at radius 2 is 2.07 bits per heavy atom. The van der Waals surface area contributed by atoms with Crippen LogP contribution in [0.15, 0.2) is 36.4 Å². The zero-order valence-electron chi connectivity index (χ0n) is 15.7. The number of aliphatic hydroxyl groups is 1. The lowest BCUT2D eigenvalue weighted by Crippen LogP contribution is -2.41. The molecular weight excluding hydrogens is 342 g/mol. The molecule has 1 saturated carbocycles. The van der Waals surface area contributed by atoms with Gasteiger partial charge in [-0.05, 0) is 72.7 Å². The quantitative estimate of drug-likeness (QED) is 0.852. The molecule has 5 heteroatoms. The minimum Gasteiger partial charge on any atom is -0.497 e. The highest BCUT2D eigenvalue weighted by atomic mass is 16.5. The third-order valence-corrected chi connectivity index (χ3v) is 5.66. The van der Waals surface area contributed by atoms with Gasteiger partial charge < -0.3 is 19.9 Å². The van der Waals surface area contributed by atoms with Crippen molar-refractivity contribution in [1.82, 2.24) is 5.32 Å². The fourth-order valence-electron chi connectivity index (χ4n) is 4.01. The van der Waals surface area contributed by atoms with Crippen LogP contribution in [-0.2, 0) is 6.42 Å². The number of carbonyl (C=O) groups is 1. The fourth-order valence-corrected chi connectivity index (χ4v) is 4.01. The number of nitrogens with one attached hydrogen (secondary N) is 1. The van der Waals surface area contributed by atoms with E-state index in [-0.39, 0.29) is 24.0 Å². The predicted molar refractivity (Wildman–Crippen MR) is 102 cm³/mol. The first-order valence-corrected chi connectivity index (χ1v) is 9.44. The van der Waals surface area contributed by atoms with E-state index in [9.17, 15) is 9.90 Å². The summed E-state index contributed by atoms with van der Waals surface area (Å²) in [6.07, 6.45) is 2.05. The monoisotopic (exact) mass is 367 g/mol. The minimum absolute atomic E-state index is 0.0988. The molecule has 0 bridgehead atoms. The Bertz CT molecular complexity index is 857. The number of rotatable bonds is 5. The Balaban J connectivity index is 1.59. The fraction of sp³-hybridized carbons (Fsp3) is 0.409. The summed E-state index contributed by atoms with van der Waals surface area (Å²) in [7, 11) is 1.62. The molecule has 1 amide bonds. The van der Waals surface area contributed by atoms with Gasteiger partial charge in [-0.2, -0.15) is 0 Å². The van der Waals surface area contributed by atoms with Crippen LogP contribution in [0.1, 0.15) is 45.9 Å². The normalized spacial score (nSPS) is 21.6. The van der Waals surface area contributed by atoms with Crippen LogP contribution < -0.4 is 14.8 Å². The Morgan fingerprint density at radius 3 is 2.78 bits per heavy atom. The maximum absolute atomic E-state index is 13.0. The summed E-state index contributed by atoms with van der Waals surface area (Å²) in [4.78, 5) is 13.0. The van der Waals surface area contributed by atoms with Gasteiger partial charge in [0.1, 0.15) is 11.5 Å². The smallest absolute Gasteiger partial charge is 0.252 e. The number of fused-ring (bicyclic) bond motifs is 1. The second-order valence-corrected chi connectivity index (χ2v) is 7.48. The zero-order valence-corrected chi connectivity index (χ0v) is 15.7. The third-order valence-electron chi connectivity index (χ3n) is 5.66. The number of methoxy groups -OCH3 is 1. The predicted octanol–water partition coefficient (Wildman–Crippen LogP) is 3.18. The third kappa shape index (κ3) is 3.52. The summed E-state index contributed by atoms with van der Waals surface area (Å²) in [5.41, 5.74) is 3.79. The van der Waals surface area contributed by atoms with Crippen molar-refractivity contribution in [2.45, 2.75) is 38.3 Å². The van der Waals surface area contributed by atoms with E-state index in [0.29, 0.717) is 25.0 Å².